The van der Waals surface area contributed by atoms with Crippen molar-refractivity contribution in [3.63, 3.8) is 0 Å². The number of ether oxygens (including phenoxy) is 5. The highest BCUT2D eigenvalue weighted by atomic mass is 16.7. The molecule has 1 aliphatic rings. The van der Waals surface area contributed by atoms with Crippen LogP contribution in [-0.4, -0.2) is 65.1 Å². The number of aliphatic hydroxyl groups is 2. The fourth-order valence-electron chi connectivity index (χ4n) is 3.36. The molecule has 1 fully saturated rings. The van der Waals surface area contributed by atoms with Gasteiger partial charge in [-0.15, -0.1) is 0 Å². The van der Waals surface area contributed by atoms with E-state index in [1.54, 1.807) is 0 Å². The first-order valence-electron chi connectivity index (χ1n) is 9.73. The Labute approximate surface area is 184 Å². The van der Waals surface area contributed by atoms with E-state index in [1.165, 1.54) is 24.3 Å². The molecule has 1 aromatic rings. The summed E-state index contributed by atoms with van der Waals surface area (Å²) in [5.74, 6) is -5.47. The van der Waals surface area contributed by atoms with Gasteiger partial charge in [0.05, 0.1) is 6.61 Å². The van der Waals surface area contributed by atoms with Gasteiger partial charge in [0, 0.05) is 33.3 Å². The first-order valence-corrected chi connectivity index (χ1v) is 9.73. The van der Waals surface area contributed by atoms with Crippen LogP contribution in [0.5, 0.6) is 0 Å². The van der Waals surface area contributed by atoms with Gasteiger partial charge in [-0.2, -0.15) is 0 Å². The van der Waals surface area contributed by atoms with Gasteiger partial charge in [-0.05, 0) is 5.56 Å². The van der Waals surface area contributed by atoms with Crippen LogP contribution in [0.3, 0.4) is 0 Å². The highest BCUT2D eigenvalue weighted by Gasteiger charge is 2.60. The first-order chi connectivity index (χ1) is 15.0. The van der Waals surface area contributed by atoms with Gasteiger partial charge in [-0.1, -0.05) is 24.3 Å². The molecule has 0 aliphatic carbocycles. The molecule has 0 saturated carbocycles. The maximum Gasteiger partial charge on any atom is 0.303 e. The largest absolute Gasteiger partial charge is 0.463 e. The molecule has 32 heavy (non-hydrogen) atoms. The molecule has 0 amide bonds. The number of hydrogen-bond donors (Lipinski definition) is 2. The Morgan fingerprint density at radius 3 is 1.88 bits per heavy atom. The summed E-state index contributed by atoms with van der Waals surface area (Å²) in [6.45, 7) is 3.69. The van der Waals surface area contributed by atoms with Crippen molar-refractivity contribution in [2.75, 3.05) is 6.61 Å². The molecule has 2 rings (SSSR count). The smallest absolute Gasteiger partial charge is 0.303 e. The van der Waals surface area contributed by atoms with Gasteiger partial charge in [-0.25, -0.2) is 0 Å². The second kappa shape index (κ2) is 10.5. The van der Waals surface area contributed by atoms with Gasteiger partial charge in [0.1, 0.15) is 12.7 Å². The van der Waals surface area contributed by atoms with Crippen LogP contribution in [-0.2, 0) is 55.3 Å². The van der Waals surface area contributed by atoms with E-state index in [4.69, 9.17) is 23.7 Å². The van der Waals surface area contributed by atoms with Crippen LogP contribution in [0.25, 0.3) is 0 Å². The molecule has 0 aromatic heterocycles. The number of carbonyl (C=O) groups is 4. The molecule has 2 N–H and O–H groups in total. The lowest BCUT2D eigenvalue weighted by atomic mass is 9.87. The molecular formula is C21H26O11. The summed E-state index contributed by atoms with van der Waals surface area (Å²) in [6.07, 6.45) is -5.82. The summed E-state index contributed by atoms with van der Waals surface area (Å²) in [5.41, 5.74) is 0.621. The zero-order valence-corrected chi connectivity index (χ0v) is 18.1. The van der Waals surface area contributed by atoms with Gasteiger partial charge < -0.3 is 33.9 Å². The molecule has 0 unspecified atom stereocenters. The third-order valence-corrected chi connectivity index (χ3v) is 4.60. The predicted octanol–water partition coefficient (Wildman–Crippen LogP) is 0.0810. The third kappa shape index (κ3) is 6.02. The average molecular weight is 454 g/mol. The Morgan fingerprint density at radius 2 is 1.41 bits per heavy atom. The summed E-state index contributed by atoms with van der Waals surface area (Å²) in [6, 6.07) is 5.84. The highest BCUT2D eigenvalue weighted by Crippen LogP contribution is 2.41. The Hall–Kier alpha value is -3.02. The zero-order valence-electron chi connectivity index (χ0n) is 18.1. The summed E-state index contributed by atoms with van der Waals surface area (Å²) >= 11 is 0. The topological polar surface area (TPSA) is 155 Å². The van der Waals surface area contributed by atoms with Gasteiger partial charge in [-0.3, -0.25) is 19.2 Å². The van der Waals surface area contributed by atoms with Crippen LogP contribution in [0.15, 0.2) is 24.3 Å². The molecule has 11 heteroatoms. The van der Waals surface area contributed by atoms with Crippen molar-refractivity contribution in [2.45, 2.75) is 64.5 Å². The fourth-order valence-corrected chi connectivity index (χ4v) is 3.36. The SMILES string of the molecule is CC(=O)OC[C@H]1O[C@@](O)(c2ccc(CO)cc2)[C@@H](OC(C)=O)[C@@H](OC(C)=O)[C@@H]1OC(C)=O. The standard InChI is InChI=1S/C21H26O11/c1-11(23)28-10-17-18(29-12(2)24)19(30-13(3)25)20(31-14(4)26)21(27,32-17)16-7-5-15(9-22)6-8-16/h5-8,17-20,22,27H,9-10H2,1-4H3/t17-,18-,19+,20+,21+/m1/s1. The molecule has 1 aliphatic heterocycles. The lowest BCUT2D eigenvalue weighted by Gasteiger charge is -2.48. The number of carbonyl (C=O) groups excluding carboxylic acids is 4. The number of benzene rings is 1. The Bertz CT molecular complexity index is 850. The van der Waals surface area contributed by atoms with E-state index in [0.29, 0.717) is 5.56 Å². The molecule has 5 atom stereocenters. The number of aliphatic hydroxyl groups excluding tert-OH is 1. The minimum Gasteiger partial charge on any atom is -0.463 e. The first kappa shape index (κ1) is 25.2. The van der Waals surface area contributed by atoms with E-state index < -0.39 is 60.7 Å². The number of esters is 4. The van der Waals surface area contributed by atoms with Crippen molar-refractivity contribution < 1.29 is 53.1 Å². The summed E-state index contributed by atoms with van der Waals surface area (Å²) < 4.78 is 26.6. The van der Waals surface area contributed by atoms with Gasteiger partial charge in [0.25, 0.3) is 0 Å². The summed E-state index contributed by atoms with van der Waals surface area (Å²) in [5, 5.41) is 20.8. The summed E-state index contributed by atoms with van der Waals surface area (Å²) in [4.78, 5) is 46.8. The number of rotatable bonds is 7. The maximum atomic E-state index is 11.8. The summed E-state index contributed by atoms with van der Waals surface area (Å²) in [7, 11) is 0. The minimum absolute atomic E-state index is 0.0900. The predicted molar refractivity (Wildman–Crippen MR) is 104 cm³/mol. The molecule has 1 heterocycles. The minimum atomic E-state index is -2.39. The molecule has 0 radical (unpaired) electrons. The second-order valence-electron chi connectivity index (χ2n) is 7.19. The van der Waals surface area contributed by atoms with Crippen LogP contribution in [0.1, 0.15) is 38.8 Å². The zero-order chi connectivity index (χ0) is 24.1. The van der Waals surface area contributed by atoms with Crippen molar-refractivity contribution in [1.29, 1.82) is 0 Å². The van der Waals surface area contributed by atoms with Crippen molar-refractivity contribution in [1.82, 2.24) is 0 Å². The average Bonchev–Trinajstić information content (AvgIpc) is 2.70. The third-order valence-electron chi connectivity index (χ3n) is 4.60. The highest BCUT2D eigenvalue weighted by molar-refractivity contribution is 5.69. The maximum absolute atomic E-state index is 11.8. The molecule has 0 spiro atoms. The van der Waals surface area contributed by atoms with Crippen molar-refractivity contribution in [2.24, 2.45) is 0 Å². The Balaban J connectivity index is 2.62. The van der Waals surface area contributed by atoms with Crippen molar-refractivity contribution >= 4 is 23.9 Å². The second-order valence-corrected chi connectivity index (χ2v) is 7.19. The van der Waals surface area contributed by atoms with Crippen molar-refractivity contribution in [3.05, 3.63) is 35.4 Å². The van der Waals surface area contributed by atoms with Crippen LogP contribution in [0.2, 0.25) is 0 Å². The van der Waals surface area contributed by atoms with E-state index >= 15 is 0 Å². The van der Waals surface area contributed by atoms with Gasteiger partial charge in [0.2, 0.25) is 11.9 Å². The van der Waals surface area contributed by atoms with E-state index in [-0.39, 0.29) is 12.2 Å². The molecule has 11 nitrogen and oxygen atoms in total. The van der Waals surface area contributed by atoms with E-state index in [9.17, 15) is 29.4 Å². The van der Waals surface area contributed by atoms with Gasteiger partial charge >= 0.3 is 23.9 Å². The Morgan fingerprint density at radius 1 is 0.875 bits per heavy atom. The van der Waals surface area contributed by atoms with Crippen LogP contribution < -0.4 is 0 Å². The van der Waals surface area contributed by atoms with Crippen LogP contribution >= 0.6 is 0 Å². The molecule has 0 bridgehead atoms. The van der Waals surface area contributed by atoms with E-state index in [1.807, 2.05) is 0 Å². The van der Waals surface area contributed by atoms with E-state index in [0.717, 1.165) is 27.7 Å². The Kier molecular flexibility index (Phi) is 8.31. The molecule has 176 valence electrons. The molecule has 1 saturated heterocycles. The molecular weight excluding hydrogens is 428 g/mol. The fraction of sp³-hybridized carbons (Fsp3) is 0.524. The normalized spacial score (nSPS) is 27.2. The monoisotopic (exact) mass is 454 g/mol. The quantitative estimate of drug-likeness (QED) is 0.425. The lowest BCUT2D eigenvalue weighted by Crippen LogP contribution is -2.66. The van der Waals surface area contributed by atoms with Crippen molar-refractivity contribution in [3.8, 4) is 0 Å². The molecule has 1 aromatic carbocycles. The number of hydrogen-bond acceptors (Lipinski definition) is 11. The van der Waals surface area contributed by atoms with Crippen LogP contribution in [0.4, 0.5) is 0 Å². The van der Waals surface area contributed by atoms with Gasteiger partial charge in [0.15, 0.2) is 12.2 Å². The van der Waals surface area contributed by atoms with Crippen LogP contribution in [0, 0.1) is 0 Å². The lowest BCUT2D eigenvalue weighted by molar-refractivity contribution is -0.360. The van der Waals surface area contributed by atoms with E-state index in [2.05, 4.69) is 0 Å².